The molecule has 0 atom stereocenters. The molecule has 1 aliphatic rings. The minimum atomic E-state index is -4.69. The van der Waals surface area contributed by atoms with Crippen LogP contribution in [-0.4, -0.2) is 49.7 Å². The second-order valence-electron chi connectivity index (χ2n) is 6.51. The summed E-state index contributed by atoms with van der Waals surface area (Å²) in [4.78, 5) is 13.2. The Balaban J connectivity index is 1.66. The predicted molar refractivity (Wildman–Crippen MR) is 98.8 cm³/mol. The molecule has 0 N–H and O–H groups in total. The van der Waals surface area contributed by atoms with Crippen molar-refractivity contribution in [1.29, 1.82) is 0 Å². The number of piperazine rings is 1. The Kier molecular flexibility index (Phi) is 6.25. The van der Waals surface area contributed by atoms with Crippen LogP contribution in [-0.2, 0) is 27.4 Å². The summed E-state index contributed by atoms with van der Waals surface area (Å²) in [5.41, 5.74) is -1.09. The van der Waals surface area contributed by atoms with Crippen LogP contribution in [0.4, 0.5) is 13.2 Å². The molecule has 0 bridgehead atoms. The number of sulfonamides is 1. The fourth-order valence-electron chi connectivity index (χ4n) is 3.04. The van der Waals surface area contributed by atoms with Crippen LogP contribution in [0, 0.1) is 0 Å². The summed E-state index contributed by atoms with van der Waals surface area (Å²) >= 11 is 5.87. The molecular weight excluding hydrogens is 433 g/mol. The van der Waals surface area contributed by atoms with Gasteiger partial charge in [-0.1, -0.05) is 11.6 Å². The number of aryl methyl sites for hydroxylation is 1. The lowest BCUT2D eigenvalue weighted by Crippen LogP contribution is -2.50. The van der Waals surface area contributed by atoms with Gasteiger partial charge < -0.3 is 9.32 Å². The Morgan fingerprint density at radius 1 is 1.14 bits per heavy atom. The fourth-order valence-corrected chi connectivity index (χ4v) is 4.96. The molecule has 0 saturated carbocycles. The van der Waals surface area contributed by atoms with E-state index in [2.05, 4.69) is 0 Å². The molecule has 11 heteroatoms. The smallest absolute Gasteiger partial charge is 0.416 e. The molecule has 2 aromatic rings. The molecule has 0 aliphatic carbocycles. The van der Waals surface area contributed by atoms with Gasteiger partial charge in [-0.25, -0.2) is 8.42 Å². The van der Waals surface area contributed by atoms with Crippen molar-refractivity contribution in [1.82, 2.24) is 9.21 Å². The highest BCUT2D eigenvalue weighted by molar-refractivity contribution is 7.89. The molecule has 158 valence electrons. The highest BCUT2D eigenvalue weighted by Gasteiger charge is 2.35. The molecule has 6 nitrogen and oxygen atoms in total. The summed E-state index contributed by atoms with van der Waals surface area (Å²) in [5.74, 6) is 0.536. The van der Waals surface area contributed by atoms with E-state index in [4.69, 9.17) is 16.0 Å². The summed E-state index contributed by atoms with van der Waals surface area (Å²) < 4.78 is 70.7. The quantitative estimate of drug-likeness (QED) is 0.700. The standard InChI is InChI=1S/C18H18ClF3N2O4S/c19-15-5-3-13(18(20,21)22)12-16(15)29(26,27)24-9-7-23(8-10-24)17(25)6-4-14-2-1-11-28-14/h1-3,5,11-12H,4,6-10H2. The van der Waals surface area contributed by atoms with Crippen molar-refractivity contribution < 1.29 is 30.8 Å². The van der Waals surface area contributed by atoms with E-state index in [-0.39, 0.29) is 43.5 Å². The highest BCUT2D eigenvalue weighted by Crippen LogP contribution is 2.34. The van der Waals surface area contributed by atoms with E-state index >= 15 is 0 Å². The van der Waals surface area contributed by atoms with Gasteiger partial charge >= 0.3 is 6.18 Å². The Bertz CT molecular complexity index is 969. The molecule has 3 rings (SSSR count). The SMILES string of the molecule is O=C(CCc1ccco1)N1CCN(S(=O)(=O)c2cc(C(F)(F)F)ccc2Cl)CC1. The molecule has 1 aromatic carbocycles. The number of carbonyl (C=O) groups excluding carboxylic acids is 1. The lowest BCUT2D eigenvalue weighted by Gasteiger charge is -2.34. The molecular formula is C18H18ClF3N2O4S. The van der Waals surface area contributed by atoms with Crippen LogP contribution in [0.1, 0.15) is 17.7 Å². The van der Waals surface area contributed by atoms with Crippen LogP contribution in [0.5, 0.6) is 0 Å². The summed E-state index contributed by atoms with van der Waals surface area (Å²) in [6.07, 6.45) is -2.51. The number of hydrogen-bond acceptors (Lipinski definition) is 4. The lowest BCUT2D eigenvalue weighted by atomic mass is 10.2. The first kappa shape index (κ1) is 21.7. The maximum Gasteiger partial charge on any atom is 0.416 e. The van der Waals surface area contributed by atoms with Gasteiger partial charge in [0.05, 0.1) is 16.8 Å². The van der Waals surface area contributed by atoms with Crippen molar-refractivity contribution in [3.8, 4) is 0 Å². The first-order valence-corrected chi connectivity index (χ1v) is 10.6. The van der Waals surface area contributed by atoms with Gasteiger partial charge in [0, 0.05) is 39.0 Å². The zero-order valence-corrected chi connectivity index (χ0v) is 16.7. The molecule has 0 radical (unpaired) electrons. The molecule has 1 saturated heterocycles. The van der Waals surface area contributed by atoms with E-state index in [1.807, 2.05) is 0 Å². The van der Waals surface area contributed by atoms with Crippen LogP contribution >= 0.6 is 11.6 Å². The van der Waals surface area contributed by atoms with E-state index in [1.54, 1.807) is 12.1 Å². The maximum atomic E-state index is 12.9. The van der Waals surface area contributed by atoms with Crippen molar-refractivity contribution >= 4 is 27.5 Å². The number of benzene rings is 1. The van der Waals surface area contributed by atoms with Gasteiger partial charge in [-0.2, -0.15) is 17.5 Å². The largest absolute Gasteiger partial charge is 0.469 e. The van der Waals surface area contributed by atoms with E-state index < -0.39 is 26.7 Å². The Morgan fingerprint density at radius 2 is 1.83 bits per heavy atom. The molecule has 0 unspecified atom stereocenters. The molecule has 1 amide bonds. The summed E-state index contributed by atoms with van der Waals surface area (Å²) in [7, 11) is -4.22. The van der Waals surface area contributed by atoms with E-state index in [1.165, 1.54) is 11.2 Å². The molecule has 1 aliphatic heterocycles. The molecule has 1 fully saturated rings. The Labute approximate surface area is 170 Å². The first-order valence-electron chi connectivity index (χ1n) is 8.76. The second kappa shape index (κ2) is 8.37. The van der Waals surface area contributed by atoms with Gasteiger partial charge in [0.25, 0.3) is 0 Å². The summed E-state index contributed by atoms with van der Waals surface area (Å²) in [6, 6.07) is 5.68. The van der Waals surface area contributed by atoms with Gasteiger partial charge in [0.15, 0.2) is 0 Å². The van der Waals surface area contributed by atoms with Gasteiger partial charge in [0.2, 0.25) is 15.9 Å². The maximum absolute atomic E-state index is 12.9. The molecule has 2 heterocycles. The third-order valence-electron chi connectivity index (χ3n) is 4.63. The average molecular weight is 451 g/mol. The average Bonchev–Trinajstić information content (AvgIpc) is 3.19. The molecule has 29 heavy (non-hydrogen) atoms. The van der Waals surface area contributed by atoms with E-state index in [0.29, 0.717) is 18.2 Å². The van der Waals surface area contributed by atoms with Crippen molar-refractivity contribution in [3.05, 3.63) is 52.9 Å². The number of alkyl halides is 3. The van der Waals surface area contributed by atoms with Crippen LogP contribution in [0.3, 0.4) is 0 Å². The van der Waals surface area contributed by atoms with E-state index in [0.717, 1.165) is 16.4 Å². The topological polar surface area (TPSA) is 70.8 Å². The summed E-state index contributed by atoms with van der Waals surface area (Å²) in [6.45, 7) is 0.238. The van der Waals surface area contributed by atoms with Crippen molar-refractivity contribution in [2.45, 2.75) is 23.9 Å². The van der Waals surface area contributed by atoms with Crippen LogP contribution in [0.2, 0.25) is 5.02 Å². The van der Waals surface area contributed by atoms with Gasteiger partial charge in [0.1, 0.15) is 10.7 Å². The third-order valence-corrected chi connectivity index (χ3v) is 7.01. The van der Waals surface area contributed by atoms with Gasteiger partial charge in [-0.05, 0) is 30.3 Å². The van der Waals surface area contributed by atoms with Gasteiger partial charge in [-0.3, -0.25) is 4.79 Å². The number of rotatable bonds is 5. The Hall–Kier alpha value is -2.04. The van der Waals surface area contributed by atoms with Crippen LogP contribution < -0.4 is 0 Å². The van der Waals surface area contributed by atoms with Crippen molar-refractivity contribution in [3.63, 3.8) is 0 Å². The number of carbonyl (C=O) groups is 1. The summed E-state index contributed by atoms with van der Waals surface area (Å²) in [5, 5.41) is -0.282. The Morgan fingerprint density at radius 3 is 2.41 bits per heavy atom. The zero-order valence-electron chi connectivity index (χ0n) is 15.2. The predicted octanol–water partition coefficient (Wildman–Crippen LogP) is 3.42. The molecule has 1 aromatic heterocycles. The second-order valence-corrected chi connectivity index (χ2v) is 8.82. The highest BCUT2D eigenvalue weighted by atomic mass is 35.5. The number of furan rings is 1. The fraction of sp³-hybridized carbons (Fsp3) is 0.389. The number of amides is 1. The van der Waals surface area contributed by atoms with Crippen molar-refractivity contribution in [2.24, 2.45) is 0 Å². The van der Waals surface area contributed by atoms with Gasteiger partial charge in [-0.15, -0.1) is 0 Å². The lowest BCUT2D eigenvalue weighted by molar-refractivity contribution is -0.137. The normalized spacial score (nSPS) is 16.2. The third kappa shape index (κ3) is 4.93. The zero-order chi connectivity index (χ0) is 21.2. The first-order chi connectivity index (χ1) is 13.6. The molecule has 0 spiro atoms. The minimum absolute atomic E-state index is 0.0264. The van der Waals surface area contributed by atoms with Crippen LogP contribution in [0.25, 0.3) is 0 Å². The number of halogens is 4. The number of nitrogens with zero attached hydrogens (tertiary/aromatic N) is 2. The van der Waals surface area contributed by atoms with E-state index in [9.17, 15) is 26.4 Å². The van der Waals surface area contributed by atoms with Crippen molar-refractivity contribution in [2.75, 3.05) is 26.2 Å². The number of hydrogen-bond donors (Lipinski definition) is 0. The minimum Gasteiger partial charge on any atom is -0.469 e. The van der Waals surface area contributed by atoms with Crippen LogP contribution in [0.15, 0.2) is 45.9 Å². The monoisotopic (exact) mass is 450 g/mol.